The molecule has 2 aliphatic rings. The average molecular weight is 361 g/mol. The van der Waals surface area contributed by atoms with E-state index in [0.717, 1.165) is 16.7 Å². The lowest BCUT2D eigenvalue weighted by Gasteiger charge is -2.36. The van der Waals surface area contributed by atoms with Crippen LogP contribution < -0.4 is 5.73 Å². The van der Waals surface area contributed by atoms with Crippen LogP contribution in [0.5, 0.6) is 0 Å². The molecule has 0 unspecified atom stereocenters. The molecular formula is C21H19N3O3. The van der Waals surface area contributed by atoms with Crippen molar-refractivity contribution in [1.82, 2.24) is 9.80 Å². The van der Waals surface area contributed by atoms with Gasteiger partial charge in [-0.15, -0.1) is 0 Å². The number of carbonyl (C=O) groups is 3. The molecule has 0 radical (unpaired) electrons. The molecule has 0 fully saturated rings. The molecule has 6 nitrogen and oxygen atoms in total. The third-order valence-corrected chi connectivity index (χ3v) is 5.23. The first-order chi connectivity index (χ1) is 13.0. The van der Waals surface area contributed by atoms with Gasteiger partial charge in [-0.25, -0.2) is 0 Å². The smallest absolute Gasteiger partial charge is 0.259 e. The van der Waals surface area contributed by atoms with E-state index in [9.17, 15) is 14.4 Å². The topological polar surface area (TPSA) is 83.7 Å². The van der Waals surface area contributed by atoms with Crippen molar-refractivity contribution >= 4 is 23.4 Å². The molecule has 0 bridgehead atoms. The maximum absolute atomic E-state index is 13.0. The fourth-order valence-corrected chi connectivity index (χ4v) is 3.77. The summed E-state index contributed by atoms with van der Waals surface area (Å²) in [5, 5.41) is 0. The van der Waals surface area contributed by atoms with Crippen LogP contribution in [-0.2, 0) is 22.6 Å². The fraction of sp³-hybridized carbons (Fsp3) is 0.190. The van der Waals surface area contributed by atoms with Crippen LogP contribution in [0.4, 0.5) is 0 Å². The van der Waals surface area contributed by atoms with E-state index >= 15 is 0 Å². The number of hydrogen-bond acceptors (Lipinski definition) is 3. The Morgan fingerprint density at radius 3 is 2.33 bits per heavy atom. The van der Waals surface area contributed by atoms with Crippen LogP contribution in [0.3, 0.4) is 0 Å². The Morgan fingerprint density at radius 2 is 1.67 bits per heavy atom. The summed E-state index contributed by atoms with van der Waals surface area (Å²) in [5.41, 5.74) is 9.31. The van der Waals surface area contributed by atoms with Gasteiger partial charge in [0.25, 0.3) is 5.91 Å². The number of hydrogen-bond donors (Lipinski definition) is 1. The summed E-state index contributed by atoms with van der Waals surface area (Å²) < 4.78 is 0. The first-order valence-electron chi connectivity index (χ1n) is 8.73. The molecule has 1 atom stereocenters. The predicted molar refractivity (Wildman–Crippen MR) is 100 cm³/mol. The van der Waals surface area contributed by atoms with E-state index < -0.39 is 11.9 Å². The SMILES string of the molecule is C=C1c2ccccc2C(=O)N1CC(=O)N1Cc2ccccc2C[C@H]1C(N)=O. The third-order valence-electron chi connectivity index (χ3n) is 5.23. The number of primary amides is 1. The van der Waals surface area contributed by atoms with Crippen LogP contribution in [0.15, 0.2) is 55.1 Å². The molecule has 2 N–H and O–H groups in total. The van der Waals surface area contributed by atoms with E-state index in [0.29, 0.717) is 24.2 Å². The minimum atomic E-state index is -0.722. The van der Waals surface area contributed by atoms with Crippen LogP contribution in [0.25, 0.3) is 5.70 Å². The molecular weight excluding hydrogens is 342 g/mol. The van der Waals surface area contributed by atoms with E-state index in [1.807, 2.05) is 36.4 Å². The highest BCUT2D eigenvalue weighted by Crippen LogP contribution is 2.31. The van der Waals surface area contributed by atoms with E-state index in [-0.39, 0.29) is 18.4 Å². The summed E-state index contributed by atoms with van der Waals surface area (Å²) in [7, 11) is 0. The third kappa shape index (κ3) is 2.79. The lowest BCUT2D eigenvalue weighted by molar-refractivity contribution is -0.140. The van der Waals surface area contributed by atoms with Gasteiger partial charge < -0.3 is 10.6 Å². The highest BCUT2D eigenvalue weighted by molar-refractivity contribution is 6.10. The van der Waals surface area contributed by atoms with Gasteiger partial charge in [0.15, 0.2) is 0 Å². The number of amides is 3. The maximum atomic E-state index is 13.0. The minimum Gasteiger partial charge on any atom is -0.368 e. The second kappa shape index (κ2) is 6.39. The van der Waals surface area contributed by atoms with Gasteiger partial charge in [-0.2, -0.15) is 0 Å². The molecule has 27 heavy (non-hydrogen) atoms. The maximum Gasteiger partial charge on any atom is 0.259 e. The molecule has 2 aliphatic heterocycles. The summed E-state index contributed by atoms with van der Waals surface area (Å²) in [6.45, 7) is 4.09. The van der Waals surface area contributed by atoms with Crippen molar-refractivity contribution in [3.05, 3.63) is 77.4 Å². The first kappa shape index (κ1) is 17.0. The molecule has 0 saturated heterocycles. The van der Waals surface area contributed by atoms with Gasteiger partial charge >= 0.3 is 0 Å². The molecule has 2 aromatic rings. The van der Waals surface area contributed by atoms with E-state index in [2.05, 4.69) is 6.58 Å². The second-order valence-corrected chi connectivity index (χ2v) is 6.80. The zero-order valence-electron chi connectivity index (χ0n) is 14.7. The summed E-state index contributed by atoms with van der Waals surface area (Å²) in [6, 6.07) is 14.1. The summed E-state index contributed by atoms with van der Waals surface area (Å²) in [4.78, 5) is 40.4. The van der Waals surface area contributed by atoms with Crippen molar-refractivity contribution in [3.63, 3.8) is 0 Å². The van der Waals surface area contributed by atoms with Crippen molar-refractivity contribution in [2.75, 3.05) is 6.54 Å². The standard InChI is InChI=1S/C21H19N3O3/c1-13-16-8-4-5-9-17(16)21(27)23(13)12-19(25)24-11-15-7-3-2-6-14(15)10-18(24)20(22)26/h2-9,18H,1,10-12H2,(H2,22,26)/t18-/m0/s1. The zero-order chi connectivity index (χ0) is 19.1. The molecule has 2 aromatic carbocycles. The average Bonchev–Trinajstić information content (AvgIpc) is 2.92. The van der Waals surface area contributed by atoms with Crippen LogP contribution in [0, 0.1) is 0 Å². The molecule has 2 heterocycles. The molecule has 3 amide bonds. The Morgan fingerprint density at radius 1 is 1.04 bits per heavy atom. The Labute approximate surface area is 156 Å². The van der Waals surface area contributed by atoms with Crippen molar-refractivity contribution in [2.45, 2.75) is 19.0 Å². The lowest BCUT2D eigenvalue weighted by atomic mass is 9.93. The van der Waals surface area contributed by atoms with Crippen molar-refractivity contribution in [3.8, 4) is 0 Å². The molecule has 0 spiro atoms. The Balaban J connectivity index is 1.58. The van der Waals surface area contributed by atoms with Crippen LogP contribution in [0.1, 0.15) is 27.0 Å². The van der Waals surface area contributed by atoms with Crippen LogP contribution in [0.2, 0.25) is 0 Å². The second-order valence-electron chi connectivity index (χ2n) is 6.80. The van der Waals surface area contributed by atoms with E-state index in [1.54, 1.807) is 12.1 Å². The number of nitrogens with zero attached hydrogens (tertiary/aromatic N) is 2. The summed E-state index contributed by atoms with van der Waals surface area (Å²) >= 11 is 0. The number of benzene rings is 2. The molecule has 136 valence electrons. The summed E-state index contributed by atoms with van der Waals surface area (Å²) in [5.74, 6) is -1.12. The van der Waals surface area contributed by atoms with Gasteiger partial charge in [-0.3, -0.25) is 19.3 Å². The van der Waals surface area contributed by atoms with Crippen molar-refractivity contribution in [2.24, 2.45) is 5.73 Å². The Kier molecular flexibility index (Phi) is 4.03. The van der Waals surface area contributed by atoms with Crippen LogP contribution >= 0.6 is 0 Å². The minimum absolute atomic E-state index is 0.168. The Bertz CT molecular complexity index is 947. The number of fused-ring (bicyclic) bond motifs is 2. The Hall–Kier alpha value is -3.41. The van der Waals surface area contributed by atoms with Gasteiger partial charge in [0.1, 0.15) is 12.6 Å². The highest BCUT2D eigenvalue weighted by Gasteiger charge is 2.37. The molecule has 0 aromatic heterocycles. The van der Waals surface area contributed by atoms with Crippen molar-refractivity contribution in [1.29, 1.82) is 0 Å². The molecule has 0 saturated carbocycles. The largest absolute Gasteiger partial charge is 0.368 e. The normalized spacial score (nSPS) is 18.3. The van der Waals surface area contributed by atoms with E-state index in [1.165, 1.54) is 9.80 Å². The van der Waals surface area contributed by atoms with Gasteiger partial charge in [0, 0.05) is 29.8 Å². The van der Waals surface area contributed by atoms with E-state index in [4.69, 9.17) is 5.73 Å². The zero-order valence-corrected chi connectivity index (χ0v) is 14.7. The van der Waals surface area contributed by atoms with Crippen LogP contribution in [-0.4, -0.2) is 40.1 Å². The van der Waals surface area contributed by atoms with Gasteiger partial charge in [-0.1, -0.05) is 49.0 Å². The molecule has 4 rings (SSSR count). The molecule has 0 aliphatic carbocycles. The monoisotopic (exact) mass is 361 g/mol. The fourth-order valence-electron chi connectivity index (χ4n) is 3.77. The quantitative estimate of drug-likeness (QED) is 0.900. The molecule has 6 heteroatoms. The first-order valence-corrected chi connectivity index (χ1v) is 8.73. The van der Waals surface area contributed by atoms with Gasteiger partial charge in [-0.05, 0) is 17.2 Å². The highest BCUT2D eigenvalue weighted by atomic mass is 16.2. The lowest BCUT2D eigenvalue weighted by Crippen LogP contribution is -2.53. The van der Waals surface area contributed by atoms with Crippen molar-refractivity contribution < 1.29 is 14.4 Å². The summed E-state index contributed by atoms with van der Waals surface area (Å²) in [6.07, 6.45) is 0.381. The van der Waals surface area contributed by atoms with Gasteiger partial charge in [0.2, 0.25) is 11.8 Å². The van der Waals surface area contributed by atoms with Gasteiger partial charge in [0.05, 0.1) is 0 Å². The number of rotatable bonds is 3. The number of nitrogens with two attached hydrogens (primary N) is 1. The predicted octanol–water partition coefficient (Wildman–Crippen LogP) is 1.55. The number of carbonyl (C=O) groups excluding carboxylic acids is 3.